The Labute approximate surface area is 106 Å². The summed E-state index contributed by atoms with van der Waals surface area (Å²) in [6, 6.07) is 7.82. The van der Waals surface area contributed by atoms with Crippen LogP contribution in [0.3, 0.4) is 0 Å². The normalized spacial score (nSPS) is 19.2. The van der Waals surface area contributed by atoms with Crippen LogP contribution in [0, 0.1) is 0 Å². The second-order valence-electron chi connectivity index (χ2n) is 4.81. The molecule has 1 atom stereocenters. The Bertz CT molecular complexity index is 512. The van der Waals surface area contributed by atoms with Gasteiger partial charge in [0, 0.05) is 23.7 Å². The van der Waals surface area contributed by atoms with Gasteiger partial charge in [-0.25, -0.2) is 0 Å². The number of rotatable bonds is 3. The van der Waals surface area contributed by atoms with Gasteiger partial charge in [-0.15, -0.1) is 0 Å². The van der Waals surface area contributed by atoms with Crippen LogP contribution < -0.4 is 5.32 Å². The Kier molecular flexibility index (Phi) is 3.02. The molecule has 4 heteroatoms. The highest BCUT2D eigenvalue weighted by Crippen LogP contribution is 2.25. The van der Waals surface area contributed by atoms with Crippen LogP contribution in [-0.4, -0.2) is 27.9 Å². The molecule has 1 aromatic heterocycles. The van der Waals surface area contributed by atoms with Gasteiger partial charge in [-0.1, -0.05) is 12.1 Å². The number of aromatic amines is 1. The van der Waals surface area contributed by atoms with E-state index in [0.29, 0.717) is 11.8 Å². The van der Waals surface area contributed by atoms with Crippen LogP contribution in [0.1, 0.15) is 18.5 Å². The number of nitrogens with one attached hydrogen (secondary N) is 2. The minimum absolute atomic E-state index is 0.293. The third-order valence-electron chi connectivity index (χ3n) is 3.51. The molecule has 3 N–H and O–H groups in total. The SMILES string of the molecule is Oc1ccc(-c2cn[nH]c2CC2CCCN2)cc1. The molecule has 4 nitrogen and oxygen atoms in total. The summed E-state index contributed by atoms with van der Waals surface area (Å²) in [7, 11) is 0. The Morgan fingerprint density at radius 1 is 1.28 bits per heavy atom. The van der Waals surface area contributed by atoms with Crippen molar-refractivity contribution in [1.82, 2.24) is 15.5 Å². The maximum Gasteiger partial charge on any atom is 0.115 e. The Balaban J connectivity index is 1.84. The Morgan fingerprint density at radius 3 is 2.83 bits per heavy atom. The van der Waals surface area contributed by atoms with Crippen molar-refractivity contribution in [1.29, 1.82) is 0 Å². The second kappa shape index (κ2) is 4.82. The Morgan fingerprint density at radius 2 is 2.11 bits per heavy atom. The number of phenols is 1. The van der Waals surface area contributed by atoms with E-state index in [0.717, 1.165) is 24.1 Å². The van der Waals surface area contributed by atoms with Gasteiger partial charge in [0.05, 0.1) is 6.20 Å². The largest absolute Gasteiger partial charge is 0.508 e. The molecule has 1 fully saturated rings. The van der Waals surface area contributed by atoms with E-state index in [1.807, 2.05) is 18.3 Å². The van der Waals surface area contributed by atoms with Gasteiger partial charge in [0.1, 0.15) is 5.75 Å². The maximum atomic E-state index is 9.32. The van der Waals surface area contributed by atoms with Crippen molar-refractivity contribution in [3.63, 3.8) is 0 Å². The van der Waals surface area contributed by atoms with Gasteiger partial charge in [-0.3, -0.25) is 5.10 Å². The molecule has 0 saturated carbocycles. The summed E-state index contributed by atoms with van der Waals surface area (Å²) < 4.78 is 0. The quantitative estimate of drug-likeness (QED) is 0.773. The summed E-state index contributed by atoms with van der Waals surface area (Å²) in [5.74, 6) is 0.293. The van der Waals surface area contributed by atoms with Crippen molar-refractivity contribution in [2.45, 2.75) is 25.3 Å². The van der Waals surface area contributed by atoms with E-state index in [1.54, 1.807) is 12.1 Å². The van der Waals surface area contributed by atoms with E-state index >= 15 is 0 Å². The van der Waals surface area contributed by atoms with Crippen LogP contribution >= 0.6 is 0 Å². The lowest BCUT2D eigenvalue weighted by molar-refractivity contribution is 0.475. The lowest BCUT2D eigenvalue weighted by Crippen LogP contribution is -2.24. The number of benzene rings is 1. The first kappa shape index (κ1) is 11.3. The molecule has 18 heavy (non-hydrogen) atoms. The number of phenolic OH excluding ortho intramolecular Hbond substituents is 1. The van der Waals surface area contributed by atoms with E-state index in [9.17, 15) is 5.11 Å². The van der Waals surface area contributed by atoms with E-state index in [1.165, 1.54) is 18.5 Å². The van der Waals surface area contributed by atoms with Gasteiger partial charge in [0.2, 0.25) is 0 Å². The molecule has 1 aliphatic heterocycles. The van der Waals surface area contributed by atoms with Gasteiger partial charge in [-0.2, -0.15) is 5.10 Å². The van der Waals surface area contributed by atoms with Crippen LogP contribution in [0.4, 0.5) is 0 Å². The van der Waals surface area contributed by atoms with Crippen LogP contribution in [0.2, 0.25) is 0 Å². The van der Waals surface area contributed by atoms with Crippen molar-refractivity contribution in [3.8, 4) is 16.9 Å². The molecule has 1 aromatic carbocycles. The second-order valence-corrected chi connectivity index (χ2v) is 4.81. The van der Waals surface area contributed by atoms with Gasteiger partial charge in [0.25, 0.3) is 0 Å². The first-order chi connectivity index (χ1) is 8.83. The van der Waals surface area contributed by atoms with E-state index in [-0.39, 0.29) is 0 Å². The van der Waals surface area contributed by atoms with Crippen molar-refractivity contribution >= 4 is 0 Å². The number of H-pyrrole nitrogens is 1. The lowest BCUT2D eigenvalue weighted by Gasteiger charge is -2.10. The molecule has 2 aromatic rings. The molecule has 0 spiro atoms. The van der Waals surface area contributed by atoms with Crippen molar-refractivity contribution in [3.05, 3.63) is 36.2 Å². The fourth-order valence-electron chi connectivity index (χ4n) is 2.54. The number of nitrogens with zero attached hydrogens (tertiary/aromatic N) is 1. The molecule has 1 saturated heterocycles. The van der Waals surface area contributed by atoms with Crippen molar-refractivity contribution in [2.75, 3.05) is 6.54 Å². The molecule has 3 rings (SSSR count). The van der Waals surface area contributed by atoms with Gasteiger partial charge in [-0.05, 0) is 37.1 Å². The maximum absolute atomic E-state index is 9.32. The smallest absolute Gasteiger partial charge is 0.115 e. The predicted octanol–water partition coefficient (Wildman–Crippen LogP) is 2.08. The van der Waals surface area contributed by atoms with Gasteiger partial charge < -0.3 is 10.4 Å². The predicted molar refractivity (Wildman–Crippen MR) is 70.4 cm³/mol. The van der Waals surface area contributed by atoms with E-state index in [2.05, 4.69) is 15.5 Å². The van der Waals surface area contributed by atoms with E-state index < -0.39 is 0 Å². The number of hydrogen-bond donors (Lipinski definition) is 3. The van der Waals surface area contributed by atoms with Crippen molar-refractivity contribution in [2.24, 2.45) is 0 Å². The molecular formula is C14H17N3O. The zero-order valence-corrected chi connectivity index (χ0v) is 10.2. The minimum Gasteiger partial charge on any atom is -0.508 e. The highest BCUT2D eigenvalue weighted by atomic mass is 16.3. The highest BCUT2D eigenvalue weighted by molar-refractivity contribution is 5.65. The third-order valence-corrected chi connectivity index (χ3v) is 3.51. The summed E-state index contributed by atoms with van der Waals surface area (Å²) in [6.07, 6.45) is 5.33. The minimum atomic E-state index is 0.293. The van der Waals surface area contributed by atoms with Crippen LogP contribution in [0.25, 0.3) is 11.1 Å². The zero-order valence-electron chi connectivity index (χ0n) is 10.2. The molecule has 0 bridgehead atoms. The standard InChI is InChI=1S/C14H17N3O/c18-12-5-3-10(4-6-12)13-9-16-17-14(13)8-11-2-1-7-15-11/h3-6,9,11,15,18H,1-2,7-8H2,(H,16,17). The fourth-order valence-corrected chi connectivity index (χ4v) is 2.54. The average Bonchev–Trinajstić information content (AvgIpc) is 3.02. The zero-order chi connectivity index (χ0) is 12.4. The summed E-state index contributed by atoms with van der Waals surface area (Å²) >= 11 is 0. The summed E-state index contributed by atoms with van der Waals surface area (Å²) in [5.41, 5.74) is 3.39. The first-order valence-corrected chi connectivity index (χ1v) is 6.38. The molecular weight excluding hydrogens is 226 g/mol. The Hall–Kier alpha value is -1.81. The summed E-state index contributed by atoms with van der Waals surface area (Å²) in [5, 5.41) is 20.1. The summed E-state index contributed by atoms with van der Waals surface area (Å²) in [4.78, 5) is 0. The molecule has 0 aliphatic carbocycles. The van der Waals surface area contributed by atoms with Gasteiger partial charge in [0.15, 0.2) is 0 Å². The highest BCUT2D eigenvalue weighted by Gasteiger charge is 2.17. The first-order valence-electron chi connectivity index (χ1n) is 6.38. The van der Waals surface area contributed by atoms with Crippen LogP contribution in [0.5, 0.6) is 5.75 Å². The van der Waals surface area contributed by atoms with Crippen molar-refractivity contribution < 1.29 is 5.11 Å². The number of hydrogen-bond acceptors (Lipinski definition) is 3. The monoisotopic (exact) mass is 243 g/mol. The molecule has 94 valence electrons. The average molecular weight is 243 g/mol. The van der Waals surface area contributed by atoms with Crippen LogP contribution in [-0.2, 0) is 6.42 Å². The fraction of sp³-hybridized carbons (Fsp3) is 0.357. The lowest BCUT2D eigenvalue weighted by atomic mass is 10.0. The molecule has 0 radical (unpaired) electrons. The number of aromatic hydroxyl groups is 1. The van der Waals surface area contributed by atoms with E-state index in [4.69, 9.17) is 0 Å². The molecule has 1 unspecified atom stereocenters. The topological polar surface area (TPSA) is 60.9 Å². The molecule has 1 aliphatic rings. The summed E-state index contributed by atoms with van der Waals surface area (Å²) in [6.45, 7) is 1.12. The van der Waals surface area contributed by atoms with Crippen LogP contribution in [0.15, 0.2) is 30.5 Å². The third kappa shape index (κ3) is 2.24. The molecule has 0 amide bonds. The molecule has 2 heterocycles. The number of aromatic nitrogens is 2. The van der Waals surface area contributed by atoms with Gasteiger partial charge >= 0.3 is 0 Å².